The summed E-state index contributed by atoms with van der Waals surface area (Å²) in [5.41, 5.74) is 0. The Morgan fingerprint density at radius 3 is 2.56 bits per heavy atom. The van der Waals surface area contributed by atoms with Gasteiger partial charge in [0.05, 0.1) is 6.61 Å². The van der Waals surface area contributed by atoms with E-state index in [0.29, 0.717) is 0 Å². The molecule has 0 atom stereocenters. The fourth-order valence-electron chi connectivity index (χ4n) is 2.32. The summed E-state index contributed by atoms with van der Waals surface area (Å²) < 4.78 is 5.69. The fraction of sp³-hybridized carbons (Fsp3) is 1.00. The number of likely N-dealkylation sites (tertiary alicyclic amines) is 1. The summed E-state index contributed by atoms with van der Waals surface area (Å²) in [5, 5.41) is 3.46. The number of hydrogen-bond acceptors (Lipinski definition) is 3. The molecule has 0 aromatic carbocycles. The quantitative estimate of drug-likeness (QED) is 0.608. The molecule has 0 amide bonds. The van der Waals surface area contributed by atoms with Crippen LogP contribution in [0, 0.1) is 5.92 Å². The van der Waals surface area contributed by atoms with Gasteiger partial charge in [0.25, 0.3) is 0 Å². The van der Waals surface area contributed by atoms with Crippen LogP contribution in [-0.2, 0) is 4.74 Å². The zero-order valence-electron chi connectivity index (χ0n) is 12.4. The molecule has 3 nitrogen and oxygen atoms in total. The molecule has 18 heavy (non-hydrogen) atoms. The first-order valence-electron chi connectivity index (χ1n) is 7.80. The molecule has 0 bridgehead atoms. The molecule has 1 fully saturated rings. The standard InChI is InChI=1S/C15H32N2O/c1-15(2)14-16-8-4-7-12-18-13-11-17-9-5-3-6-10-17/h15-16H,3-14H2,1-2H3. The number of nitrogens with one attached hydrogen (secondary N) is 1. The van der Waals surface area contributed by atoms with E-state index < -0.39 is 0 Å². The van der Waals surface area contributed by atoms with Crippen molar-refractivity contribution in [3.8, 4) is 0 Å². The van der Waals surface area contributed by atoms with Gasteiger partial charge in [-0.05, 0) is 57.8 Å². The van der Waals surface area contributed by atoms with Crippen molar-refractivity contribution in [3.05, 3.63) is 0 Å². The summed E-state index contributed by atoms with van der Waals surface area (Å²) in [6.45, 7) is 12.3. The highest BCUT2D eigenvalue weighted by Gasteiger charge is 2.08. The third-order valence-corrected chi connectivity index (χ3v) is 3.45. The summed E-state index contributed by atoms with van der Waals surface area (Å²) >= 11 is 0. The van der Waals surface area contributed by atoms with Gasteiger partial charge in [0.2, 0.25) is 0 Å². The zero-order valence-corrected chi connectivity index (χ0v) is 12.4. The topological polar surface area (TPSA) is 24.5 Å². The molecule has 0 aliphatic carbocycles. The summed E-state index contributed by atoms with van der Waals surface area (Å²) in [4.78, 5) is 2.54. The number of ether oxygens (including phenoxy) is 1. The van der Waals surface area contributed by atoms with Crippen molar-refractivity contribution in [2.75, 3.05) is 45.9 Å². The SMILES string of the molecule is CC(C)CNCCCCOCCN1CCCCC1. The number of hydrogen-bond donors (Lipinski definition) is 1. The van der Waals surface area contributed by atoms with Crippen molar-refractivity contribution in [3.63, 3.8) is 0 Å². The smallest absolute Gasteiger partial charge is 0.0593 e. The van der Waals surface area contributed by atoms with Gasteiger partial charge in [0, 0.05) is 13.2 Å². The molecule has 1 saturated heterocycles. The summed E-state index contributed by atoms with van der Waals surface area (Å²) in [6, 6.07) is 0. The van der Waals surface area contributed by atoms with Crippen molar-refractivity contribution in [1.29, 1.82) is 0 Å². The Labute approximate surface area is 113 Å². The van der Waals surface area contributed by atoms with Crippen molar-refractivity contribution < 1.29 is 4.74 Å². The second-order valence-corrected chi connectivity index (χ2v) is 5.82. The molecule has 0 radical (unpaired) electrons. The first-order valence-corrected chi connectivity index (χ1v) is 7.80. The Morgan fingerprint density at radius 2 is 1.83 bits per heavy atom. The zero-order chi connectivity index (χ0) is 13.1. The summed E-state index contributed by atoms with van der Waals surface area (Å²) in [7, 11) is 0. The number of nitrogens with zero attached hydrogens (tertiary/aromatic N) is 1. The predicted octanol–water partition coefficient (Wildman–Crippen LogP) is 2.51. The van der Waals surface area contributed by atoms with Crippen molar-refractivity contribution in [2.45, 2.75) is 46.0 Å². The van der Waals surface area contributed by atoms with Crippen LogP contribution in [0.3, 0.4) is 0 Å². The normalized spacial score (nSPS) is 17.5. The van der Waals surface area contributed by atoms with Crippen molar-refractivity contribution in [1.82, 2.24) is 10.2 Å². The average molecular weight is 256 g/mol. The van der Waals surface area contributed by atoms with Gasteiger partial charge in [-0.3, -0.25) is 0 Å². The highest BCUT2D eigenvalue weighted by Crippen LogP contribution is 2.07. The van der Waals surface area contributed by atoms with Crippen LogP contribution in [-0.4, -0.2) is 50.8 Å². The van der Waals surface area contributed by atoms with Crippen molar-refractivity contribution in [2.24, 2.45) is 5.92 Å². The van der Waals surface area contributed by atoms with E-state index in [4.69, 9.17) is 4.74 Å². The highest BCUT2D eigenvalue weighted by molar-refractivity contribution is 4.63. The molecule has 0 spiro atoms. The minimum atomic E-state index is 0.755. The molecule has 108 valence electrons. The maximum absolute atomic E-state index is 5.69. The monoisotopic (exact) mass is 256 g/mol. The minimum absolute atomic E-state index is 0.755. The van der Waals surface area contributed by atoms with Crippen LogP contribution < -0.4 is 5.32 Å². The average Bonchev–Trinajstić information content (AvgIpc) is 2.37. The van der Waals surface area contributed by atoms with Crippen LogP contribution in [0.4, 0.5) is 0 Å². The first-order chi connectivity index (χ1) is 8.79. The van der Waals surface area contributed by atoms with E-state index in [1.165, 1.54) is 45.2 Å². The van der Waals surface area contributed by atoms with E-state index in [1.54, 1.807) is 0 Å². The van der Waals surface area contributed by atoms with Gasteiger partial charge in [0.15, 0.2) is 0 Å². The summed E-state index contributed by atoms with van der Waals surface area (Å²) in [5.74, 6) is 0.755. The lowest BCUT2D eigenvalue weighted by atomic mass is 10.1. The van der Waals surface area contributed by atoms with Crippen LogP contribution in [0.15, 0.2) is 0 Å². The molecule has 0 aromatic heterocycles. The molecule has 3 heteroatoms. The molecule has 1 rings (SSSR count). The van der Waals surface area contributed by atoms with E-state index in [-0.39, 0.29) is 0 Å². The van der Waals surface area contributed by atoms with E-state index in [2.05, 4.69) is 24.1 Å². The first kappa shape index (κ1) is 15.9. The molecule has 1 heterocycles. The lowest BCUT2D eigenvalue weighted by Crippen LogP contribution is -2.32. The molecule has 1 aliphatic heterocycles. The van der Waals surface area contributed by atoms with Crippen LogP contribution >= 0.6 is 0 Å². The Hall–Kier alpha value is -0.120. The van der Waals surface area contributed by atoms with Crippen molar-refractivity contribution >= 4 is 0 Å². The maximum Gasteiger partial charge on any atom is 0.0593 e. The fourth-order valence-corrected chi connectivity index (χ4v) is 2.32. The Bertz CT molecular complexity index is 179. The lowest BCUT2D eigenvalue weighted by Gasteiger charge is -2.26. The van der Waals surface area contributed by atoms with Gasteiger partial charge in [-0.2, -0.15) is 0 Å². The van der Waals surface area contributed by atoms with E-state index in [9.17, 15) is 0 Å². The summed E-state index contributed by atoms with van der Waals surface area (Å²) in [6.07, 6.45) is 6.59. The van der Waals surface area contributed by atoms with Crippen LogP contribution in [0.25, 0.3) is 0 Å². The van der Waals surface area contributed by atoms with Crippen LogP contribution in [0.5, 0.6) is 0 Å². The Balaban J connectivity index is 1.75. The van der Waals surface area contributed by atoms with E-state index in [0.717, 1.165) is 38.8 Å². The van der Waals surface area contributed by atoms with E-state index in [1.807, 2.05) is 0 Å². The molecule has 0 aromatic rings. The number of rotatable bonds is 10. The molecular weight excluding hydrogens is 224 g/mol. The predicted molar refractivity (Wildman–Crippen MR) is 78.1 cm³/mol. The maximum atomic E-state index is 5.69. The van der Waals surface area contributed by atoms with Gasteiger partial charge >= 0.3 is 0 Å². The molecule has 0 saturated carbocycles. The van der Waals surface area contributed by atoms with Gasteiger partial charge in [-0.1, -0.05) is 20.3 Å². The Morgan fingerprint density at radius 1 is 1.06 bits per heavy atom. The van der Waals surface area contributed by atoms with Gasteiger partial charge in [-0.15, -0.1) is 0 Å². The second-order valence-electron chi connectivity index (χ2n) is 5.82. The number of piperidine rings is 1. The van der Waals surface area contributed by atoms with Gasteiger partial charge < -0.3 is 15.0 Å². The third-order valence-electron chi connectivity index (χ3n) is 3.45. The largest absolute Gasteiger partial charge is 0.380 e. The van der Waals surface area contributed by atoms with Crippen LogP contribution in [0.1, 0.15) is 46.0 Å². The second kappa shape index (κ2) is 10.8. The molecule has 1 N–H and O–H groups in total. The van der Waals surface area contributed by atoms with Crippen LogP contribution in [0.2, 0.25) is 0 Å². The molecule has 0 unspecified atom stereocenters. The lowest BCUT2D eigenvalue weighted by molar-refractivity contribution is 0.0941. The highest BCUT2D eigenvalue weighted by atomic mass is 16.5. The minimum Gasteiger partial charge on any atom is -0.380 e. The third kappa shape index (κ3) is 8.90. The van der Waals surface area contributed by atoms with E-state index >= 15 is 0 Å². The number of unbranched alkanes of at least 4 members (excludes halogenated alkanes) is 1. The van der Waals surface area contributed by atoms with Gasteiger partial charge in [0.1, 0.15) is 0 Å². The van der Waals surface area contributed by atoms with Gasteiger partial charge in [-0.25, -0.2) is 0 Å². The molecular formula is C15H32N2O. The molecule has 1 aliphatic rings. The Kier molecular flexibility index (Phi) is 9.54.